The van der Waals surface area contributed by atoms with Crippen LogP contribution in [0.3, 0.4) is 0 Å². The zero-order chi connectivity index (χ0) is 24.3. The van der Waals surface area contributed by atoms with E-state index in [1.807, 2.05) is 30.3 Å². The number of aliphatic imine (C=N–C) groups is 1. The zero-order valence-electron chi connectivity index (χ0n) is 18.6. The van der Waals surface area contributed by atoms with Gasteiger partial charge in [0.1, 0.15) is 0 Å². The lowest BCUT2D eigenvalue weighted by Crippen LogP contribution is -2.70. The highest BCUT2D eigenvalue weighted by Gasteiger charge is 2.35. The summed E-state index contributed by atoms with van der Waals surface area (Å²) in [6.45, 7) is 3.51. The number of nitrogens with zero attached hydrogens (tertiary/aromatic N) is 4. The quantitative estimate of drug-likeness (QED) is 0.402. The fourth-order valence-corrected chi connectivity index (χ4v) is 3.93. The molecule has 2 heterocycles. The monoisotopic (exact) mass is 468 g/mol. The normalized spacial score (nSPS) is 15.3. The molecule has 10 heteroatoms. The van der Waals surface area contributed by atoms with Crippen molar-refractivity contribution in [2.45, 2.75) is 32.6 Å². The highest BCUT2D eigenvalue weighted by Crippen LogP contribution is 2.36. The third-order valence-corrected chi connectivity index (χ3v) is 5.40. The van der Waals surface area contributed by atoms with E-state index >= 15 is 0 Å². The molecule has 0 spiro atoms. The van der Waals surface area contributed by atoms with Crippen LogP contribution in [0.2, 0.25) is 0 Å². The molecule has 0 atom stereocenters. The van der Waals surface area contributed by atoms with Crippen molar-refractivity contribution in [3.05, 3.63) is 77.0 Å². The van der Waals surface area contributed by atoms with Gasteiger partial charge in [0, 0.05) is 38.5 Å². The Hall–Kier alpha value is -3.79. The van der Waals surface area contributed by atoms with E-state index in [1.54, 1.807) is 6.92 Å². The number of amidine groups is 1. The fourth-order valence-electron chi connectivity index (χ4n) is 3.93. The molecule has 34 heavy (non-hydrogen) atoms. The van der Waals surface area contributed by atoms with Gasteiger partial charge in [-0.05, 0) is 17.7 Å². The number of benzene rings is 2. The number of hydrogen-bond acceptors (Lipinski definition) is 3. The minimum atomic E-state index is -4.54. The standard InChI is InChI=1S/C24H24F3N7/c1-15(28)30-23(29)33-22-18-14-34(13-16-7-3-2-4-8-16)12-11-20(18)31-21(32-22)17-9-5-6-10-19(17)24(25,26)27/h2-10H,11-14H2,1H3,(H4,28,29,30,31,32,33)/p+1. The van der Waals surface area contributed by atoms with Crippen LogP contribution < -0.4 is 16.5 Å². The molecule has 176 valence electrons. The highest BCUT2D eigenvalue weighted by atomic mass is 19.4. The van der Waals surface area contributed by atoms with E-state index in [0.717, 1.165) is 23.7 Å². The summed E-state index contributed by atoms with van der Waals surface area (Å²) in [5.41, 5.74) is 13.3. The molecule has 0 unspecified atom stereocenters. The van der Waals surface area contributed by atoms with Crippen molar-refractivity contribution in [2.24, 2.45) is 16.5 Å². The van der Waals surface area contributed by atoms with Crippen molar-refractivity contribution in [3.8, 4) is 11.4 Å². The first-order chi connectivity index (χ1) is 16.2. The second kappa shape index (κ2) is 9.60. The molecule has 0 amide bonds. The number of alkyl halides is 3. The van der Waals surface area contributed by atoms with Gasteiger partial charge in [0.2, 0.25) is 11.6 Å². The van der Waals surface area contributed by atoms with Crippen LogP contribution in [0.4, 0.5) is 19.0 Å². The van der Waals surface area contributed by atoms with Crippen LogP contribution >= 0.6 is 0 Å². The first-order valence-electron chi connectivity index (χ1n) is 10.7. The summed E-state index contributed by atoms with van der Waals surface area (Å²) in [6.07, 6.45) is -3.98. The molecule has 2 aromatic carbocycles. The van der Waals surface area contributed by atoms with E-state index in [0.29, 0.717) is 31.0 Å². The van der Waals surface area contributed by atoms with Gasteiger partial charge in [-0.1, -0.05) is 47.5 Å². The maximum absolute atomic E-state index is 13.7. The third-order valence-electron chi connectivity index (χ3n) is 5.40. The Labute approximate surface area is 195 Å². The number of guanidine groups is 1. The summed E-state index contributed by atoms with van der Waals surface area (Å²) in [4.78, 5) is 18.1. The molecule has 0 bridgehead atoms. The average molecular weight is 469 g/mol. The fraction of sp³-hybridized carbons (Fsp3) is 0.250. The minimum absolute atomic E-state index is 0.00357. The van der Waals surface area contributed by atoms with Crippen LogP contribution in [-0.4, -0.2) is 33.2 Å². The third kappa shape index (κ3) is 5.40. The Balaban J connectivity index is 1.79. The molecule has 0 saturated carbocycles. The number of nitrogens with one attached hydrogen (secondary N) is 1. The number of aromatic nitrogens is 2. The van der Waals surface area contributed by atoms with Crippen LogP contribution in [0.15, 0.2) is 59.6 Å². The van der Waals surface area contributed by atoms with Gasteiger partial charge >= 0.3 is 12.1 Å². The number of rotatable bonds is 4. The average Bonchev–Trinajstić information content (AvgIpc) is 2.79. The largest absolute Gasteiger partial charge is 0.417 e. The van der Waals surface area contributed by atoms with Gasteiger partial charge in [0.15, 0.2) is 5.84 Å². The summed E-state index contributed by atoms with van der Waals surface area (Å²) in [5.74, 6) is 0.529. The van der Waals surface area contributed by atoms with Gasteiger partial charge in [-0.3, -0.25) is 4.90 Å². The zero-order valence-corrected chi connectivity index (χ0v) is 18.6. The first kappa shape index (κ1) is 23.4. The minimum Gasteiger partial charge on any atom is -0.377 e. The van der Waals surface area contributed by atoms with Crippen LogP contribution in [-0.2, 0) is 25.7 Å². The van der Waals surface area contributed by atoms with Crippen LogP contribution in [0.5, 0.6) is 0 Å². The maximum Gasteiger partial charge on any atom is 0.417 e. The predicted molar refractivity (Wildman–Crippen MR) is 124 cm³/mol. The van der Waals surface area contributed by atoms with E-state index < -0.39 is 11.7 Å². The van der Waals surface area contributed by atoms with Crippen molar-refractivity contribution < 1.29 is 18.2 Å². The molecule has 0 fully saturated rings. The molecule has 1 aromatic heterocycles. The van der Waals surface area contributed by atoms with Gasteiger partial charge in [0.05, 0.1) is 16.8 Å². The van der Waals surface area contributed by atoms with Crippen LogP contribution in [0.25, 0.3) is 11.4 Å². The molecule has 0 saturated heterocycles. The molecule has 7 nitrogen and oxygen atoms in total. The van der Waals surface area contributed by atoms with Crippen molar-refractivity contribution in [1.82, 2.24) is 14.9 Å². The molecule has 1 aliphatic heterocycles. The molecular weight excluding hydrogens is 443 g/mol. The second-order valence-corrected chi connectivity index (χ2v) is 8.07. The molecule has 5 N–H and O–H groups in total. The molecule has 0 aliphatic carbocycles. The van der Waals surface area contributed by atoms with E-state index in [-0.39, 0.29) is 23.2 Å². The lowest BCUT2D eigenvalue weighted by molar-refractivity contribution is -0.362. The van der Waals surface area contributed by atoms with Crippen LogP contribution in [0, 0.1) is 0 Å². The van der Waals surface area contributed by atoms with Gasteiger partial charge < -0.3 is 11.5 Å². The van der Waals surface area contributed by atoms with E-state index in [2.05, 4.69) is 24.9 Å². The highest BCUT2D eigenvalue weighted by molar-refractivity contribution is 5.90. The van der Waals surface area contributed by atoms with Gasteiger partial charge in [-0.2, -0.15) is 13.2 Å². The summed E-state index contributed by atoms with van der Waals surface area (Å²) in [7, 11) is 0. The summed E-state index contributed by atoms with van der Waals surface area (Å²) in [5, 5.41) is 0. The molecule has 3 aromatic rings. The Morgan fingerprint density at radius 2 is 1.76 bits per heavy atom. The van der Waals surface area contributed by atoms with E-state index in [9.17, 15) is 13.2 Å². The lowest BCUT2D eigenvalue weighted by atomic mass is 10.0. The van der Waals surface area contributed by atoms with E-state index in [4.69, 9.17) is 11.5 Å². The number of halogens is 3. The first-order valence-corrected chi connectivity index (χ1v) is 10.7. The Kier molecular flexibility index (Phi) is 6.60. The second-order valence-electron chi connectivity index (χ2n) is 8.07. The topological polar surface area (TPSA) is 107 Å². The Bertz CT molecular complexity index is 1230. The lowest BCUT2D eigenvalue weighted by Gasteiger charge is -2.28. The van der Waals surface area contributed by atoms with Gasteiger partial charge in [-0.25, -0.2) is 9.98 Å². The SMILES string of the molecule is C/C(N)=N/C(N)=[NH+]c1nc(-c2ccccc2C(F)(F)F)nc2c1CN(Cc1ccccc1)CC2. The molecular formula is C24H25F3N7+. The predicted octanol–water partition coefficient (Wildman–Crippen LogP) is 2.12. The molecule has 4 rings (SSSR count). The summed E-state index contributed by atoms with van der Waals surface area (Å²) >= 11 is 0. The van der Waals surface area contributed by atoms with E-state index in [1.165, 1.54) is 18.2 Å². The van der Waals surface area contributed by atoms with Crippen molar-refractivity contribution >= 4 is 17.6 Å². The maximum atomic E-state index is 13.7. The molecule has 0 radical (unpaired) electrons. The smallest absolute Gasteiger partial charge is 0.377 e. The van der Waals surface area contributed by atoms with Gasteiger partial charge in [0.25, 0.3) is 0 Å². The van der Waals surface area contributed by atoms with Crippen molar-refractivity contribution in [1.29, 1.82) is 0 Å². The number of nitrogens with two attached hydrogens (primary N) is 2. The number of hydrogen-bond donors (Lipinski definition) is 3. The Morgan fingerprint density at radius 3 is 2.47 bits per heavy atom. The van der Waals surface area contributed by atoms with Gasteiger partial charge in [-0.15, -0.1) is 4.98 Å². The van der Waals surface area contributed by atoms with Crippen LogP contribution in [0.1, 0.15) is 29.3 Å². The van der Waals surface area contributed by atoms with Crippen molar-refractivity contribution in [3.63, 3.8) is 0 Å². The summed E-state index contributed by atoms with van der Waals surface area (Å²) < 4.78 is 41.0. The summed E-state index contributed by atoms with van der Waals surface area (Å²) in [6, 6.07) is 15.3. The number of fused-ring (bicyclic) bond motifs is 1. The van der Waals surface area contributed by atoms with Crippen molar-refractivity contribution in [2.75, 3.05) is 6.54 Å². The Morgan fingerprint density at radius 1 is 1.06 bits per heavy atom. The molecule has 1 aliphatic rings.